The lowest BCUT2D eigenvalue weighted by Crippen LogP contribution is -2.47. The number of ether oxygens (including phenoxy) is 1. The molecule has 0 aromatic carbocycles. The van der Waals surface area contributed by atoms with Crippen LogP contribution < -0.4 is 5.32 Å². The highest BCUT2D eigenvalue weighted by atomic mass is 16.5. The lowest BCUT2D eigenvalue weighted by Gasteiger charge is -2.38. The second-order valence-corrected chi connectivity index (χ2v) is 7.79. The average Bonchev–Trinajstić information content (AvgIpc) is 3.07. The van der Waals surface area contributed by atoms with Crippen LogP contribution in [-0.2, 0) is 9.53 Å². The quantitative estimate of drug-likeness (QED) is 0.840. The summed E-state index contributed by atoms with van der Waals surface area (Å²) in [4.78, 5) is 23.2. The number of anilines is 1. The van der Waals surface area contributed by atoms with E-state index < -0.39 is 0 Å². The van der Waals surface area contributed by atoms with E-state index in [9.17, 15) is 4.79 Å². The molecule has 3 aliphatic rings. The number of hydrogen-bond acceptors (Lipinski definition) is 5. The van der Waals surface area contributed by atoms with Crippen LogP contribution in [0.25, 0.3) is 0 Å². The van der Waals surface area contributed by atoms with Crippen LogP contribution in [0.15, 0.2) is 30.1 Å². The fourth-order valence-corrected chi connectivity index (χ4v) is 4.42. The Balaban J connectivity index is 1.34. The Morgan fingerprint density at radius 2 is 2.23 bits per heavy atom. The first-order chi connectivity index (χ1) is 12.7. The van der Waals surface area contributed by atoms with Crippen molar-refractivity contribution >= 4 is 11.9 Å². The zero-order valence-corrected chi connectivity index (χ0v) is 15.3. The molecule has 3 heterocycles. The monoisotopic (exact) mass is 356 g/mol. The van der Waals surface area contributed by atoms with Crippen molar-refractivity contribution < 1.29 is 9.53 Å². The van der Waals surface area contributed by atoms with E-state index in [0.29, 0.717) is 25.0 Å². The Labute approximate surface area is 155 Å². The number of likely N-dealkylation sites (tertiary alicyclic amines) is 1. The van der Waals surface area contributed by atoms with Gasteiger partial charge in [0.1, 0.15) is 0 Å². The van der Waals surface area contributed by atoms with Crippen molar-refractivity contribution in [2.45, 2.75) is 63.0 Å². The van der Waals surface area contributed by atoms with Gasteiger partial charge in [-0.1, -0.05) is 11.6 Å². The zero-order valence-electron chi connectivity index (χ0n) is 15.3. The molecule has 1 aromatic rings. The van der Waals surface area contributed by atoms with Gasteiger partial charge in [-0.3, -0.25) is 4.79 Å². The molecular weight excluding hydrogens is 328 g/mol. The molecule has 2 fully saturated rings. The van der Waals surface area contributed by atoms with E-state index in [1.807, 2.05) is 11.0 Å². The fraction of sp³-hybridized carbons (Fsp3) is 0.650. The van der Waals surface area contributed by atoms with E-state index in [4.69, 9.17) is 4.74 Å². The van der Waals surface area contributed by atoms with Crippen molar-refractivity contribution in [3.8, 4) is 0 Å². The van der Waals surface area contributed by atoms with Crippen LogP contribution >= 0.6 is 0 Å². The normalized spacial score (nSPS) is 28.8. The summed E-state index contributed by atoms with van der Waals surface area (Å²) in [5.74, 6) is 0.935. The van der Waals surface area contributed by atoms with Crippen molar-refractivity contribution in [3.63, 3.8) is 0 Å². The predicted octanol–water partition coefficient (Wildman–Crippen LogP) is 2.93. The first-order valence-electron chi connectivity index (χ1n) is 9.86. The SMILES string of the molecule is O=C(CC1=CCCCC1)N1CC[C@@]2(C[C@H](Nc3ncccn3)CCO2)C1. The molecule has 140 valence electrons. The van der Waals surface area contributed by atoms with E-state index in [0.717, 1.165) is 45.3 Å². The summed E-state index contributed by atoms with van der Waals surface area (Å²) in [5.41, 5.74) is 1.12. The number of allylic oxidation sites excluding steroid dienone is 1. The largest absolute Gasteiger partial charge is 0.373 e. The lowest BCUT2D eigenvalue weighted by molar-refractivity contribution is -0.132. The molecule has 4 rings (SSSR count). The number of hydrogen-bond donors (Lipinski definition) is 1. The minimum atomic E-state index is -0.207. The van der Waals surface area contributed by atoms with Gasteiger partial charge in [-0.25, -0.2) is 9.97 Å². The Kier molecular flexibility index (Phi) is 5.20. The molecule has 1 aromatic heterocycles. The van der Waals surface area contributed by atoms with Crippen LogP contribution in [0, 0.1) is 0 Å². The third-order valence-electron chi connectivity index (χ3n) is 5.82. The second-order valence-electron chi connectivity index (χ2n) is 7.79. The molecule has 6 heteroatoms. The molecule has 2 aliphatic heterocycles. The Hall–Kier alpha value is -1.95. The summed E-state index contributed by atoms with van der Waals surface area (Å²) < 4.78 is 6.18. The maximum absolute atomic E-state index is 12.7. The summed E-state index contributed by atoms with van der Waals surface area (Å²) in [6.45, 7) is 2.24. The number of aromatic nitrogens is 2. The molecule has 0 radical (unpaired) electrons. The average molecular weight is 356 g/mol. The van der Waals surface area contributed by atoms with E-state index in [1.54, 1.807) is 12.4 Å². The van der Waals surface area contributed by atoms with Crippen molar-refractivity contribution in [1.82, 2.24) is 14.9 Å². The molecule has 2 saturated heterocycles. The summed E-state index contributed by atoms with van der Waals surface area (Å²) in [6, 6.07) is 2.11. The molecule has 0 bridgehead atoms. The maximum Gasteiger partial charge on any atom is 0.226 e. The van der Waals surface area contributed by atoms with Gasteiger partial charge in [-0.15, -0.1) is 0 Å². The van der Waals surface area contributed by atoms with Crippen molar-refractivity contribution in [1.29, 1.82) is 0 Å². The maximum atomic E-state index is 12.7. The van der Waals surface area contributed by atoms with Gasteiger partial charge in [0, 0.05) is 44.6 Å². The summed E-state index contributed by atoms with van der Waals surface area (Å²) in [6.07, 6.45) is 13.8. The van der Waals surface area contributed by atoms with Crippen LogP contribution in [0.5, 0.6) is 0 Å². The van der Waals surface area contributed by atoms with Crippen molar-refractivity contribution in [2.24, 2.45) is 0 Å². The van der Waals surface area contributed by atoms with Gasteiger partial charge < -0.3 is 15.0 Å². The Morgan fingerprint density at radius 1 is 1.35 bits per heavy atom. The molecule has 1 aliphatic carbocycles. The number of rotatable bonds is 4. The van der Waals surface area contributed by atoms with Gasteiger partial charge in [0.05, 0.1) is 5.60 Å². The number of nitrogens with one attached hydrogen (secondary N) is 1. The smallest absolute Gasteiger partial charge is 0.226 e. The second kappa shape index (κ2) is 7.74. The van der Waals surface area contributed by atoms with Gasteiger partial charge in [0.15, 0.2) is 0 Å². The number of nitrogens with zero attached hydrogens (tertiary/aromatic N) is 3. The van der Waals surface area contributed by atoms with E-state index in [2.05, 4.69) is 21.4 Å². The summed E-state index contributed by atoms with van der Waals surface area (Å²) in [7, 11) is 0. The first kappa shape index (κ1) is 17.5. The highest BCUT2D eigenvalue weighted by Crippen LogP contribution is 2.35. The molecular formula is C20H28N4O2. The molecule has 1 N–H and O–H groups in total. The van der Waals surface area contributed by atoms with E-state index >= 15 is 0 Å². The fourth-order valence-electron chi connectivity index (χ4n) is 4.42. The van der Waals surface area contributed by atoms with Crippen molar-refractivity contribution in [3.05, 3.63) is 30.1 Å². The minimum Gasteiger partial charge on any atom is -0.373 e. The predicted molar refractivity (Wildman–Crippen MR) is 99.7 cm³/mol. The molecule has 1 spiro atoms. The first-order valence-corrected chi connectivity index (χ1v) is 9.86. The zero-order chi connectivity index (χ0) is 17.8. The highest BCUT2D eigenvalue weighted by Gasteiger charge is 2.44. The van der Waals surface area contributed by atoms with Gasteiger partial charge >= 0.3 is 0 Å². The van der Waals surface area contributed by atoms with E-state index in [1.165, 1.54) is 18.4 Å². The van der Waals surface area contributed by atoms with Gasteiger partial charge in [0.2, 0.25) is 11.9 Å². The third-order valence-corrected chi connectivity index (χ3v) is 5.82. The number of amides is 1. The molecule has 0 saturated carbocycles. The Morgan fingerprint density at radius 3 is 3.04 bits per heavy atom. The van der Waals surface area contributed by atoms with Gasteiger partial charge in [-0.05, 0) is 51.0 Å². The van der Waals surface area contributed by atoms with Crippen molar-refractivity contribution in [2.75, 3.05) is 25.0 Å². The highest BCUT2D eigenvalue weighted by molar-refractivity contribution is 5.79. The topological polar surface area (TPSA) is 67.4 Å². The van der Waals surface area contributed by atoms with Crippen LogP contribution in [0.1, 0.15) is 51.4 Å². The number of carbonyl (C=O) groups excluding carboxylic acids is 1. The standard InChI is InChI=1S/C20H28N4O2/c25-18(13-16-5-2-1-3-6-16)24-11-8-20(15-24)14-17(7-12-26-20)23-19-21-9-4-10-22-19/h4-5,9-10,17H,1-3,6-8,11-15H2,(H,21,22,23)/t17-,20-/m1/s1. The molecule has 0 unspecified atom stereocenters. The Bertz CT molecular complexity index is 663. The molecule has 1 amide bonds. The van der Waals surface area contributed by atoms with Crippen LogP contribution in [-0.4, -0.2) is 52.1 Å². The lowest BCUT2D eigenvalue weighted by atomic mass is 9.89. The van der Waals surface area contributed by atoms with Gasteiger partial charge in [-0.2, -0.15) is 0 Å². The molecule has 26 heavy (non-hydrogen) atoms. The van der Waals surface area contributed by atoms with E-state index in [-0.39, 0.29) is 11.5 Å². The molecule has 6 nitrogen and oxygen atoms in total. The summed E-state index contributed by atoms with van der Waals surface area (Å²) >= 11 is 0. The molecule has 2 atom stereocenters. The summed E-state index contributed by atoms with van der Waals surface area (Å²) in [5, 5.41) is 3.43. The van der Waals surface area contributed by atoms with Crippen LogP contribution in [0.4, 0.5) is 5.95 Å². The number of carbonyl (C=O) groups is 1. The third kappa shape index (κ3) is 4.06. The van der Waals surface area contributed by atoms with Crippen LogP contribution in [0.2, 0.25) is 0 Å². The van der Waals surface area contributed by atoms with Gasteiger partial charge in [0.25, 0.3) is 0 Å². The van der Waals surface area contributed by atoms with Crippen LogP contribution in [0.3, 0.4) is 0 Å². The minimum absolute atomic E-state index is 0.207.